The predicted octanol–water partition coefficient (Wildman–Crippen LogP) is 3.36. The summed E-state index contributed by atoms with van der Waals surface area (Å²) in [5, 5.41) is 2.96. The molecule has 3 rings (SSSR count). The van der Waals surface area contributed by atoms with Gasteiger partial charge in [0.25, 0.3) is 0 Å². The normalized spacial score (nSPS) is 15.0. The van der Waals surface area contributed by atoms with Gasteiger partial charge in [-0.1, -0.05) is 11.6 Å². The van der Waals surface area contributed by atoms with E-state index in [1.54, 1.807) is 11.0 Å². The number of halogens is 5. The number of carbonyl (C=O) groups is 1. The molecule has 0 radical (unpaired) electrons. The van der Waals surface area contributed by atoms with Crippen LogP contribution in [0, 0.1) is 12.7 Å². The SMILES string of the molecule is COc1cc(F)ccc1N1CCN(C(=O)Cn2nc(C(F)(F)F)c(Cl)c2C)CC1. The predicted molar refractivity (Wildman–Crippen MR) is 98.7 cm³/mol. The van der Waals surface area contributed by atoms with Crippen molar-refractivity contribution in [3.8, 4) is 5.75 Å². The summed E-state index contributed by atoms with van der Waals surface area (Å²) in [4.78, 5) is 16.1. The summed E-state index contributed by atoms with van der Waals surface area (Å²) in [5.41, 5.74) is -0.398. The van der Waals surface area contributed by atoms with Crippen molar-refractivity contribution in [2.24, 2.45) is 0 Å². The maximum absolute atomic E-state index is 13.4. The van der Waals surface area contributed by atoms with Crippen LogP contribution in [0.5, 0.6) is 5.75 Å². The minimum Gasteiger partial charge on any atom is -0.494 e. The number of methoxy groups -OCH3 is 1. The van der Waals surface area contributed by atoms with Gasteiger partial charge >= 0.3 is 6.18 Å². The molecule has 0 bridgehead atoms. The highest BCUT2D eigenvalue weighted by atomic mass is 35.5. The maximum atomic E-state index is 13.4. The van der Waals surface area contributed by atoms with Gasteiger partial charge < -0.3 is 14.5 Å². The largest absolute Gasteiger partial charge is 0.494 e. The minimum atomic E-state index is -4.68. The zero-order valence-electron chi connectivity index (χ0n) is 15.8. The van der Waals surface area contributed by atoms with E-state index in [0.29, 0.717) is 37.6 Å². The van der Waals surface area contributed by atoms with Crippen LogP contribution in [0.2, 0.25) is 5.02 Å². The Morgan fingerprint density at radius 1 is 1.24 bits per heavy atom. The molecule has 158 valence electrons. The second kappa shape index (κ2) is 8.10. The Balaban J connectivity index is 1.66. The van der Waals surface area contributed by atoms with Crippen LogP contribution in [0.3, 0.4) is 0 Å². The third kappa shape index (κ3) is 4.42. The van der Waals surface area contributed by atoms with Crippen LogP contribution >= 0.6 is 11.6 Å². The molecule has 0 atom stereocenters. The Bertz CT molecular complexity index is 908. The Labute approximate surface area is 169 Å². The number of anilines is 1. The van der Waals surface area contributed by atoms with E-state index in [1.165, 1.54) is 26.2 Å². The van der Waals surface area contributed by atoms with Gasteiger partial charge in [0.2, 0.25) is 5.91 Å². The standard InChI is InChI=1S/C18H19ClF4N4O2/c1-11-16(19)17(18(21,22)23)24-27(11)10-15(28)26-7-5-25(6-8-26)13-4-3-12(20)9-14(13)29-2/h3-4,9H,5-8,10H2,1-2H3. The van der Waals surface area contributed by atoms with Crippen LogP contribution in [0.15, 0.2) is 18.2 Å². The average Bonchev–Trinajstić information content (AvgIpc) is 2.96. The molecule has 0 spiro atoms. The minimum absolute atomic E-state index is 0.0852. The van der Waals surface area contributed by atoms with Gasteiger partial charge in [-0.2, -0.15) is 18.3 Å². The fraction of sp³-hybridized carbons (Fsp3) is 0.444. The van der Waals surface area contributed by atoms with E-state index < -0.39 is 22.7 Å². The second-order valence-corrected chi connectivity index (χ2v) is 6.97. The zero-order valence-corrected chi connectivity index (χ0v) is 16.5. The highest BCUT2D eigenvalue weighted by Gasteiger charge is 2.38. The monoisotopic (exact) mass is 434 g/mol. The van der Waals surface area contributed by atoms with E-state index in [0.717, 1.165) is 4.68 Å². The van der Waals surface area contributed by atoms with Crippen LogP contribution in [0.4, 0.5) is 23.2 Å². The average molecular weight is 435 g/mol. The van der Waals surface area contributed by atoms with Crippen molar-refractivity contribution in [2.75, 3.05) is 38.2 Å². The summed E-state index contributed by atoms with van der Waals surface area (Å²) in [5.74, 6) is -0.371. The van der Waals surface area contributed by atoms with Crippen LogP contribution in [-0.4, -0.2) is 53.9 Å². The summed E-state index contributed by atoms with van der Waals surface area (Å²) >= 11 is 5.72. The summed E-state index contributed by atoms with van der Waals surface area (Å²) in [6.45, 7) is 2.72. The quantitative estimate of drug-likeness (QED) is 0.692. The lowest BCUT2D eigenvalue weighted by Crippen LogP contribution is -2.49. The van der Waals surface area contributed by atoms with Crippen molar-refractivity contribution in [1.82, 2.24) is 14.7 Å². The summed E-state index contributed by atoms with van der Waals surface area (Å²) in [6, 6.07) is 4.23. The van der Waals surface area contributed by atoms with Crippen LogP contribution < -0.4 is 9.64 Å². The van der Waals surface area contributed by atoms with Crippen molar-refractivity contribution < 1.29 is 27.1 Å². The zero-order chi connectivity index (χ0) is 21.3. The van der Waals surface area contributed by atoms with Crippen LogP contribution in [0.25, 0.3) is 0 Å². The van der Waals surface area contributed by atoms with Gasteiger partial charge in [0, 0.05) is 32.2 Å². The molecule has 2 aromatic rings. The molecule has 11 heteroatoms. The van der Waals surface area contributed by atoms with Gasteiger partial charge in [0.05, 0.1) is 23.5 Å². The van der Waals surface area contributed by atoms with Gasteiger partial charge in [-0.25, -0.2) is 4.39 Å². The number of hydrogen-bond acceptors (Lipinski definition) is 4. The number of alkyl halides is 3. The number of benzene rings is 1. The van der Waals surface area contributed by atoms with Gasteiger partial charge in [-0.05, 0) is 19.1 Å². The number of aromatic nitrogens is 2. The molecule has 2 heterocycles. The fourth-order valence-corrected chi connectivity index (χ4v) is 3.44. The van der Waals surface area contributed by atoms with E-state index in [9.17, 15) is 22.4 Å². The lowest BCUT2D eigenvalue weighted by atomic mass is 10.2. The van der Waals surface area contributed by atoms with Crippen molar-refractivity contribution in [1.29, 1.82) is 0 Å². The number of amides is 1. The molecule has 0 saturated carbocycles. The number of carbonyl (C=O) groups excluding carboxylic acids is 1. The molecule has 1 aromatic carbocycles. The smallest absolute Gasteiger partial charge is 0.436 e. The van der Waals surface area contributed by atoms with Gasteiger partial charge in [-0.3, -0.25) is 9.48 Å². The van der Waals surface area contributed by atoms with E-state index in [-0.39, 0.29) is 18.1 Å². The van der Waals surface area contributed by atoms with E-state index >= 15 is 0 Å². The molecule has 0 N–H and O–H groups in total. The molecule has 1 amide bonds. The molecule has 0 aliphatic carbocycles. The first-order valence-corrected chi connectivity index (χ1v) is 9.16. The van der Waals surface area contributed by atoms with E-state index in [1.807, 2.05) is 4.90 Å². The molecular formula is C18H19ClF4N4O2. The lowest BCUT2D eigenvalue weighted by Gasteiger charge is -2.36. The number of piperazine rings is 1. The Hall–Kier alpha value is -2.49. The molecule has 6 nitrogen and oxygen atoms in total. The van der Waals surface area contributed by atoms with Gasteiger partial charge in [-0.15, -0.1) is 0 Å². The highest BCUT2D eigenvalue weighted by Crippen LogP contribution is 2.35. The van der Waals surface area contributed by atoms with E-state index in [4.69, 9.17) is 16.3 Å². The molecule has 0 unspecified atom stereocenters. The number of rotatable bonds is 4. The van der Waals surface area contributed by atoms with Gasteiger partial charge in [0.1, 0.15) is 18.1 Å². The first-order valence-electron chi connectivity index (χ1n) is 8.78. The first-order chi connectivity index (χ1) is 13.6. The highest BCUT2D eigenvalue weighted by molar-refractivity contribution is 6.32. The van der Waals surface area contributed by atoms with Crippen molar-refractivity contribution in [2.45, 2.75) is 19.6 Å². The Morgan fingerprint density at radius 2 is 1.90 bits per heavy atom. The van der Waals surface area contributed by atoms with E-state index in [2.05, 4.69) is 5.10 Å². The number of nitrogens with zero attached hydrogens (tertiary/aromatic N) is 4. The third-order valence-electron chi connectivity index (χ3n) is 4.80. The summed E-state index contributed by atoms with van der Waals surface area (Å²) < 4.78 is 58.3. The van der Waals surface area contributed by atoms with Crippen LogP contribution in [-0.2, 0) is 17.5 Å². The molecule has 1 aliphatic heterocycles. The Morgan fingerprint density at radius 3 is 2.45 bits per heavy atom. The number of hydrogen-bond donors (Lipinski definition) is 0. The molecule has 1 fully saturated rings. The topological polar surface area (TPSA) is 50.6 Å². The second-order valence-electron chi connectivity index (χ2n) is 6.59. The van der Waals surface area contributed by atoms with Crippen molar-refractivity contribution >= 4 is 23.2 Å². The molecule has 29 heavy (non-hydrogen) atoms. The summed E-state index contributed by atoms with van der Waals surface area (Å²) in [7, 11) is 1.45. The third-order valence-corrected chi connectivity index (χ3v) is 5.25. The molecule has 1 aliphatic rings. The number of ether oxygens (including phenoxy) is 1. The molecular weight excluding hydrogens is 416 g/mol. The summed E-state index contributed by atoms with van der Waals surface area (Å²) in [6.07, 6.45) is -4.68. The van der Waals surface area contributed by atoms with Crippen molar-refractivity contribution in [3.63, 3.8) is 0 Å². The fourth-order valence-electron chi connectivity index (χ4n) is 3.20. The maximum Gasteiger partial charge on any atom is 0.436 e. The Kier molecular flexibility index (Phi) is 5.92. The van der Waals surface area contributed by atoms with Crippen molar-refractivity contribution in [3.05, 3.63) is 40.4 Å². The van der Waals surface area contributed by atoms with Crippen LogP contribution in [0.1, 0.15) is 11.4 Å². The first kappa shape index (κ1) is 21.2. The molecule has 1 aromatic heterocycles. The molecule has 1 saturated heterocycles. The van der Waals surface area contributed by atoms with Gasteiger partial charge in [0.15, 0.2) is 5.69 Å². The lowest BCUT2D eigenvalue weighted by molar-refractivity contribution is -0.142.